The molecule has 0 aliphatic heterocycles. The summed E-state index contributed by atoms with van der Waals surface area (Å²) in [5, 5.41) is 0. The highest BCUT2D eigenvalue weighted by atomic mass is 32.2. The molecule has 82 valence electrons. The number of pyridine rings is 1. The quantitative estimate of drug-likeness (QED) is 0.629. The SMILES string of the molecule is Nc1ccccc1CSc1cnccc1N. The molecule has 0 aliphatic rings. The number of aromatic nitrogens is 1. The summed E-state index contributed by atoms with van der Waals surface area (Å²) < 4.78 is 0. The zero-order valence-corrected chi connectivity index (χ0v) is 9.58. The smallest absolute Gasteiger partial charge is 0.0489 e. The van der Waals surface area contributed by atoms with Crippen LogP contribution >= 0.6 is 11.8 Å². The number of rotatable bonds is 3. The lowest BCUT2D eigenvalue weighted by atomic mass is 10.2. The summed E-state index contributed by atoms with van der Waals surface area (Å²) in [6.45, 7) is 0. The zero-order valence-electron chi connectivity index (χ0n) is 8.76. The van der Waals surface area contributed by atoms with Crippen LogP contribution in [-0.2, 0) is 5.75 Å². The van der Waals surface area contributed by atoms with E-state index in [1.165, 1.54) is 0 Å². The Morgan fingerprint density at radius 1 is 1.06 bits per heavy atom. The van der Waals surface area contributed by atoms with E-state index >= 15 is 0 Å². The van der Waals surface area contributed by atoms with E-state index in [1.807, 2.05) is 24.3 Å². The fourth-order valence-electron chi connectivity index (χ4n) is 1.33. The second-order valence-corrected chi connectivity index (χ2v) is 4.42. The average molecular weight is 231 g/mol. The van der Waals surface area contributed by atoms with Crippen molar-refractivity contribution in [2.75, 3.05) is 11.5 Å². The molecule has 0 unspecified atom stereocenters. The van der Waals surface area contributed by atoms with E-state index in [1.54, 1.807) is 30.2 Å². The number of nitrogens with zero attached hydrogens (tertiary/aromatic N) is 1. The maximum absolute atomic E-state index is 5.86. The summed E-state index contributed by atoms with van der Waals surface area (Å²) in [6, 6.07) is 9.65. The topological polar surface area (TPSA) is 64.9 Å². The number of benzene rings is 1. The van der Waals surface area contributed by atoms with Gasteiger partial charge in [0.1, 0.15) is 0 Å². The highest BCUT2D eigenvalue weighted by Crippen LogP contribution is 2.28. The molecule has 0 aliphatic carbocycles. The minimum atomic E-state index is 0.759. The van der Waals surface area contributed by atoms with Gasteiger partial charge in [0.25, 0.3) is 0 Å². The van der Waals surface area contributed by atoms with Gasteiger partial charge >= 0.3 is 0 Å². The molecular weight excluding hydrogens is 218 g/mol. The third-order valence-corrected chi connectivity index (χ3v) is 3.36. The largest absolute Gasteiger partial charge is 0.398 e. The van der Waals surface area contributed by atoms with Gasteiger partial charge in [0, 0.05) is 34.4 Å². The van der Waals surface area contributed by atoms with Crippen molar-refractivity contribution in [1.82, 2.24) is 4.98 Å². The van der Waals surface area contributed by atoms with Crippen LogP contribution in [0.25, 0.3) is 0 Å². The highest BCUT2D eigenvalue weighted by Gasteiger charge is 2.02. The molecule has 2 aromatic rings. The number of nitrogens with two attached hydrogens (primary N) is 2. The molecular formula is C12H13N3S. The van der Waals surface area contributed by atoms with Gasteiger partial charge in [-0.1, -0.05) is 18.2 Å². The predicted octanol–water partition coefficient (Wildman–Crippen LogP) is 2.54. The Balaban J connectivity index is 2.09. The van der Waals surface area contributed by atoms with E-state index < -0.39 is 0 Å². The van der Waals surface area contributed by atoms with E-state index in [9.17, 15) is 0 Å². The molecule has 0 radical (unpaired) electrons. The Morgan fingerprint density at radius 2 is 1.88 bits per heavy atom. The standard InChI is InChI=1S/C12H13N3S/c13-10-4-2-1-3-9(10)8-16-12-7-15-6-5-11(12)14/h1-7H,8,13H2,(H2,14,15). The molecule has 4 N–H and O–H groups in total. The van der Waals surface area contributed by atoms with E-state index in [2.05, 4.69) is 4.98 Å². The molecule has 1 heterocycles. The Hall–Kier alpha value is -1.68. The van der Waals surface area contributed by atoms with Gasteiger partial charge in [-0.3, -0.25) is 4.98 Å². The van der Waals surface area contributed by atoms with Crippen molar-refractivity contribution < 1.29 is 0 Å². The number of thioether (sulfide) groups is 1. The molecule has 0 saturated heterocycles. The second-order valence-electron chi connectivity index (χ2n) is 3.40. The molecule has 0 saturated carbocycles. The first-order chi connectivity index (χ1) is 7.77. The van der Waals surface area contributed by atoms with E-state index in [0.717, 1.165) is 27.6 Å². The summed E-state index contributed by atoms with van der Waals surface area (Å²) in [5.74, 6) is 0.808. The number of nitrogen functional groups attached to an aromatic ring is 2. The lowest BCUT2D eigenvalue weighted by molar-refractivity contribution is 1.24. The van der Waals surface area contributed by atoms with Crippen molar-refractivity contribution in [3.8, 4) is 0 Å². The fourth-order valence-corrected chi connectivity index (χ4v) is 2.28. The Kier molecular flexibility index (Phi) is 3.31. The molecule has 2 rings (SSSR count). The third-order valence-electron chi connectivity index (χ3n) is 2.25. The van der Waals surface area contributed by atoms with Gasteiger partial charge in [0.15, 0.2) is 0 Å². The van der Waals surface area contributed by atoms with E-state index in [0.29, 0.717) is 0 Å². The van der Waals surface area contributed by atoms with Crippen LogP contribution in [0.15, 0.2) is 47.6 Å². The van der Waals surface area contributed by atoms with Crippen molar-refractivity contribution in [3.63, 3.8) is 0 Å². The number of anilines is 2. The van der Waals surface area contributed by atoms with Crippen molar-refractivity contribution in [2.45, 2.75) is 10.6 Å². The van der Waals surface area contributed by atoms with Crippen molar-refractivity contribution in [1.29, 1.82) is 0 Å². The summed E-state index contributed by atoms with van der Waals surface area (Å²) >= 11 is 1.65. The first-order valence-corrected chi connectivity index (χ1v) is 5.91. The van der Waals surface area contributed by atoms with Gasteiger partial charge in [-0.25, -0.2) is 0 Å². The van der Waals surface area contributed by atoms with Gasteiger partial charge in [0.05, 0.1) is 0 Å². The van der Waals surface area contributed by atoms with Crippen molar-refractivity contribution in [3.05, 3.63) is 48.3 Å². The number of para-hydroxylation sites is 1. The Labute approximate surface area is 98.9 Å². The summed E-state index contributed by atoms with van der Waals surface area (Å²) in [6.07, 6.45) is 3.47. The van der Waals surface area contributed by atoms with Gasteiger partial charge in [0.2, 0.25) is 0 Å². The van der Waals surface area contributed by atoms with Crippen molar-refractivity contribution in [2.24, 2.45) is 0 Å². The molecule has 0 bridgehead atoms. The summed E-state index contributed by atoms with van der Waals surface area (Å²) in [7, 11) is 0. The third kappa shape index (κ3) is 2.46. The Bertz CT molecular complexity index is 440. The lowest BCUT2D eigenvalue weighted by Gasteiger charge is -2.06. The summed E-state index contributed by atoms with van der Waals surface area (Å²) in [5.41, 5.74) is 14.4. The molecule has 16 heavy (non-hydrogen) atoms. The normalized spacial score (nSPS) is 10.2. The minimum absolute atomic E-state index is 0.759. The van der Waals surface area contributed by atoms with Gasteiger partial charge in [-0.15, -0.1) is 11.8 Å². The van der Waals surface area contributed by atoms with E-state index in [4.69, 9.17) is 11.5 Å². The van der Waals surface area contributed by atoms with Crippen LogP contribution in [0.4, 0.5) is 11.4 Å². The van der Waals surface area contributed by atoms with Crippen LogP contribution in [0.3, 0.4) is 0 Å². The first kappa shape index (κ1) is 10.8. The molecule has 0 atom stereocenters. The predicted molar refractivity (Wildman–Crippen MR) is 69.1 cm³/mol. The molecule has 3 nitrogen and oxygen atoms in total. The van der Waals surface area contributed by atoms with Crippen LogP contribution in [0, 0.1) is 0 Å². The molecule has 0 fully saturated rings. The zero-order chi connectivity index (χ0) is 11.4. The van der Waals surface area contributed by atoms with Crippen LogP contribution < -0.4 is 11.5 Å². The van der Waals surface area contributed by atoms with E-state index in [-0.39, 0.29) is 0 Å². The molecule has 0 spiro atoms. The maximum Gasteiger partial charge on any atom is 0.0489 e. The monoisotopic (exact) mass is 231 g/mol. The van der Waals surface area contributed by atoms with Crippen LogP contribution in [0.5, 0.6) is 0 Å². The first-order valence-electron chi connectivity index (χ1n) is 4.93. The minimum Gasteiger partial charge on any atom is -0.398 e. The number of hydrogen-bond donors (Lipinski definition) is 2. The van der Waals surface area contributed by atoms with Gasteiger partial charge in [-0.05, 0) is 17.7 Å². The highest BCUT2D eigenvalue weighted by molar-refractivity contribution is 7.98. The molecule has 1 aromatic carbocycles. The summed E-state index contributed by atoms with van der Waals surface area (Å²) in [4.78, 5) is 5.04. The van der Waals surface area contributed by atoms with Crippen LogP contribution in [0.2, 0.25) is 0 Å². The second kappa shape index (κ2) is 4.90. The van der Waals surface area contributed by atoms with Gasteiger partial charge in [-0.2, -0.15) is 0 Å². The molecule has 4 heteroatoms. The van der Waals surface area contributed by atoms with Crippen LogP contribution in [-0.4, -0.2) is 4.98 Å². The Morgan fingerprint density at radius 3 is 2.62 bits per heavy atom. The average Bonchev–Trinajstić information content (AvgIpc) is 2.30. The molecule has 1 aromatic heterocycles. The lowest BCUT2D eigenvalue weighted by Crippen LogP contribution is -1.93. The van der Waals surface area contributed by atoms with Gasteiger partial charge < -0.3 is 11.5 Å². The maximum atomic E-state index is 5.86. The van der Waals surface area contributed by atoms with Crippen molar-refractivity contribution >= 4 is 23.1 Å². The number of hydrogen-bond acceptors (Lipinski definition) is 4. The molecule has 0 amide bonds. The fraction of sp³-hybridized carbons (Fsp3) is 0.0833. The van der Waals surface area contributed by atoms with Crippen LogP contribution in [0.1, 0.15) is 5.56 Å².